The number of nitrogens with one attached hydrogen (secondary N) is 1. The Morgan fingerprint density at radius 3 is 1.61 bits per heavy atom. The lowest BCUT2D eigenvalue weighted by atomic mass is 10.1. The molecule has 278 valence electrons. The third kappa shape index (κ3) is 8.04. The van der Waals surface area contributed by atoms with Gasteiger partial charge in [0, 0.05) is 63.1 Å². The zero-order chi connectivity index (χ0) is 37.4. The summed E-state index contributed by atoms with van der Waals surface area (Å²) in [6.45, 7) is 8.09. The van der Waals surface area contributed by atoms with E-state index in [1.54, 1.807) is 35.2 Å². The Morgan fingerprint density at radius 1 is 0.648 bits per heavy atom. The number of aromatic hydroxyl groups is 2. The van der Waals surface area contributed by atoms with Gasteiger partial charge in [0.1, 0.15) is 29.2 Å². The van der Waals surface area contributed by atoms with Crippen LogP contribution in [0.1, 0.15) is 26.2 Å². The van der Waals surface area contributed by atoms with Crippen molar-refractivity contribution < 1.29 is 20.1 Å². The number of nitrogens with zero attached hydrogens (tertiary/aromatic N) is 7. The van der Waals surface area contributed by atoms with Crippen LogP contribution in [0, 0.1) is 0 Å². The quantitative estimate of drug-likeness (QED) is 0.155. The van der Waals surface area contributed by atoms with Crippen LogP contribution in [0.3, 0.4) is 0 Å². The standard InChI is InChI=1S/C24H28N4O3.C18H18N4O/c1-2-3-11-21(30)24(31)28-15-13-27(14-16-28)23-17-8-4-6-10-19(17)25-22(26-23)18-9-5-7-12-20(18)29;23-16-8-4-2-6-14(16)17-20-15-7-3-1-5-13(15)18(21-17)22-11-9-19-10-12-22/h4-10,12,21,29-30H,2-3,11,13-16H2,1H3;1-8,19,23H,9-12H2. The number of carbonyl (C=O) groups excluding carboxylic acids is 1. The molecular formula is C42H46N8O4. The number of unbranched alkanes of at least 4 members (excludes halogenated alkanes) is 1. The van der Waals surface area contributed by atoms with Crippen LogP contribution >= 0.6 is 0 Å². The molecule has 1 unspecified atom stereocenters. The van der Waals surface area contributed by atoms with Crippen molar-refractivity contribution >= 4 is 39.3 Å². The number of phenols is 2. The van der Waals surface area contributed by atoms with E-state index in [0.29, 0.717) is 55.4 Å². The minimum atomic E-state index is -0.918. The van der Waals surface area contributed by atoms with Crippen molar-refractivity contribution in [2.45, 2.75) is 32.3 Å². The lowest BCUT2D eigenvalue weighted by Gasteiger charge is -2.36. The summed E-state index contributed by atoms with van der Waals surface area (Å²) in [6, 6.07) is 30.1. The van der Waals surface area contributed by atoms with Crippen LogP contribution in [0.5, 0.6) is 11.5 Å². The zero-order valence-corrected chi connectivity index (χ0v) is 30.5. The molecule has 4 heterocycles. The highest BCUT2D eigenvalue weighted by atomic mass is 16.3. The fraction of sp³-hybridized carbons (Fsp3) is 0.310. The first-order valence-corrected chi connectivity index (χ1v) is 18.7. The number of anilines is 2. The number of aromatic nitrogens is 4. The molecule has 6 aromatic rings. The van der Waals surface area contributed by atoms with E-state index in [2.05, 4.69) is 31.2 Å². The molecule has 0 aliphatic carbocycles. The minimum absolute atomic E-state index is 0.139. The SMILES string of the molecule is CCCCC(O)C(=O)N1CCN(c2nc(-c3ccccc3O)nc3ccccc23)CC1.Oc1ccccc1-c1nc(N2CCNCC2)c2ccccc2n1. The van der Waals surface area contributed by atoms with Crippen molar-refractivity contribution in [1.82, 2.24) is 30.2 Å². The van der Waals surface area contributed by atoms with Gasteiger partial charge in [-0.25, -0.2) is 19.9 Å². The van der Waals surface area contributed by atoms with Gasteiger partial charge in [0.15, 0.2) is 11.6 Å². The van der Waals surface area contributed by atoms with Gasteiger partial charge in [-0.1, -0.05) is 68.3 Å². The number of aliphatic hydroxyl groups excluding tert-OH is 1. The third-order valence-corrected chi connectivity index (χ3v) is 9.88. The van der Waals surface area contributed by atoms with Crippen molar-refractivity contribution in [3.8, 4) is 34.3 Å². The number of hydrogen-bond donors (Lipinski definition) is 4. The minimum Gasteiger partial charge on any atom is -0.507 e. The fourth-order valence-corrected chi connectivity index (χ4v) is 6.92. The van der Waals surface area contributed by atoms with Gasteiger partial charge in [-0.15, -0.1) is 0 Å². The lowest BCUT2D eigenvalue weighted by Crippen LogP contribution is -2.51. The summed E-state index contributed by atoms with van der Waals surface area (Å²) in [6.07, 6.45) is 1.39. The van der Waals surface area contributed by atoms with Gasteiger partial charge in [-0.05, 0) is 55.0 Å². The van der Waals surface area contributed by atoms with E-state index in [0.717, 1.165) is 72.5 Å². The summed E-state index contributed by atoms with van der Waals surface area (Å²) in [7, 11) is 0. The first-order chi connectivity index (χ1) is 26.4. The first-order valence-electron chi connectivity index (χ1n) is 18.7. The molecule has 2 aromatic heterocycles. The third-order valence-electron chi connectivity index (χ3n) is 9.88. The van der Waals surface area contributed by atoms with Crippen LogP contribution < -0.4 is 15.1 Å². The maximum Gasteiger partial charge on any atom is 0.251 e. The Balaban J connectivity index is 0.000000174. The molecule has 12 nitrogen and oxygen atoms in total. The van der Waals surface area contributed by atoms with Crippen molar-refractivity contribution in [3.05, 3.63) is 97.1 Å². The summed E-state index contributed by atoms with van der Waals surface area (Å²) < 4.78 is 0. The number of aliphatic hydroxyl groups is 1. The lowest BCUT2D eigenvalue weighted by molar-refractivity contribution is -0.140. The van der Waals surface area contributed by atoms with Crippen molar-refractivity contribution in [1.29, 1.82) is 0 Å². The maximum absolute atomic E-state index is 12.5. The molecule has 12 heteroatoms. The van der Waals surface area contributed by atoms with Crippen LogP contribution in [-0.4, -0.2) is 105 Å². The van der Waals surface area contributed by atoms with Crippen molar-refractivity contribution in [2.75, 3.05) is 62.2 Å². The number of phenolic OH excluding ortho intramolecular Hbond substituents is 2. The summed E-state index contributed by atoms with van der Waals surface area (Å²) in [4.78, 5) is 37.6. The number of rotatable bonds is 8. The molecular weight excluding hydrogens is 681 g/mol. The molecule has 0 bridgehead atoms. The number of amides is 1. The van der Waals surface area contributed by atoms with Gasteiger partial charge in [0.25, 0.3) is 5.91 Å². The number of carbonyl (C=O) groups is 1. The van der Waals surface area contributed by atoms with Crippen LogP contribution in [-0.2, 0) is 4.79 Å². The van der Waals surface area contributed by atoms with E-state index in [4.69, 9.17) is 9.97 Å². The predicted octanol–water partition coefficient (Wildman–Crippen LogP) is 5.61. The number of fused-ring (bicyclic) bond motifs is 2. The van der Waals surface area contributed by atoms with Gasteiger partial charge in [0.2, 0.25) is 0 Å². The van der Waals surface area contributed by atoms with Gasteiger partial charge in [-0.3, -0.25) is 4.79 Å². The summed E-state index contributed by atoms with van der Waals surface area (Å²) >= 11 is 0. The molecule has 2 fully saturated rings. The Morgan fingerprint density at radius 2 is 1.11 bits per heavy atom. The average Bonchev–Trinajstić information content (AvgIpc) is 3.22. The van der Waals surface area contributed by atoms with Crippen LogP contribution in [0.4, 0.5) is 11.6 Å². The van der Waals surface area contributed by atoms with Crippen LogP contribution in [0.25, 0.3) is 44.6 Å². The molecule has 0 spiro atoms. The molecule has 54 heavy (non-hydrogen) atoms. The normalized spacial score (nSPS) is 15.2. The average molecular weight is 727 g/mol. The topological polar surface area (TPSA) is 151 Å². The molecule has 2 saturated heterocycles. The molecule has 2 aliphatic heterocycles. The molecule has 1 atom stereocenters. The van der Waals surface area contributed by atoms with Gasteiger partial charge in [0.05, 0.1) is 22.2 Å². The Bertz CT molecular complexity index is 2220. The largest absolute Gasteiger partial charge is 0.507 e. The molecule has 0 radical (unpaired) electrons. The molecule has 4 N–H and O–H groups in total. The van der Waals surface area contributed by atoms with E-state index in [-0.39, 0.29) is 17.4 Å². The summed E-state index contributed by atoms with van der Waals surface area (Å²) in [5.41, 5.74) is 2.95. The summed E-state index contributed by atoms with van der Waals surface area (Å²) in [5.74, 6) is 2.93. The van der Waals surface area contributed by atoms with E-state index in [1.807, 2.05) is 67.6 Å². The van der Waals surface area contributed by atoms with Gasteiger partial charge in [-0.2, -0.15) is 0 Å². The molecule has 8 rings (SSSR count). The molecule has 2 aliphatic rings. The van der Waals surface area contributed by atoms with E-state index in [9.17, 15) is 20.1 Å². The van der Waals surface area contributed by atoms with Crippen LogP contribution in [0.2, 0.25) is 0 Å². The molecule has 4 aromatic carbocycles. The maximum atomic E-state index is 12.5. The second-order valence-electron chi connectivity index (χ2n) is 13.5. The van der Waals surface area contributed by atoms with E-state index < -0.39 is 6.10 Å². The van der Waals surface area contributed by atoms with Crippen LogP contribution in [0.15, 0.2) is 97.1 Å². The number of benzene rings is 4. The second kappa shape index (κ2) is 16.9. The van der Waals surface area contributed by atoms with Crippen molar-refractivity contribution in [3.63, 3.8) is 0 Å². The highest BCUT2D eigenvalue weighted by Crippen LogP contribution is 2.33. The molecule has 0 saturated carbocycles. The highest BCUT2D eigenvalue weighted by Gasteiger charge is 2.27. The number of piperazine rings is 2. The van der Waals surface area contributed by atoms with Gasteiger partial charge >= 0.3 is 0 Å². The first kappa shape index (κ1) is 36.5. The van der Waals surface area contributed by atoms with E-state index >= 15 is 0 Å². The fourth-order valence-electron chi connectivity index (χ4n) is 6.92. The summed E-state index contributed by atoms with van der Waals surface area (Å²) in [5, 5.41) is 35.9. The smallest absolute Gasteiger partial charge is 0.251 e. The molecule has 1 amide bonds. The van der Waals surface area contributed by atoms with E-state index in [1.165, 1.54) is 0 Å². The van der Waals surface area contributed by atoms with Crippen molar-refractivity contribution in [2.24, 2.45) is 0 Å². The highest BCUT2D eigenvalue weighted by molar-refractivity contribution is 5.92. The Hall–Kier alpha value is -5.85. The number of para-hydroxylation sites is 4. The zero-order valence-electron chi connectivity index (χ0n) is 30.5. The number of hydrogen-bond acceptors (Lipinski definition) is 11. The van der Waals surface area contributed by atoms with Gasteiger partial charge < -0.3 is 35.3 Å². The second-order valence-corrected chi connectivity index (χ2v) is 13.5. The predicted molar refractivity (Wildman–Crippen MR) is 213 cm³/mol. The monoisotopic (exact) mass is 726 g/mol. The Kier molecular flexibility index (Phi) is 11.4. The Labute approximate surface area is 314 Å².